The lowest BCUT2D eigenvalue weighted by molar-refractivity contribution is 0.304. The van der Waals surface area contributed by atoms with Gasteiger partial charge < -0.3 is 11.1 Å². The van der Waals surface area contributed by atoms with Crippen molar-refractivity contribution in [1.82, 2.24) is 9.97 Å². The normalized spacial score (nSPS) is 30.3. The smallest absolute Gasteiger partial charge is 0.155 e. The molecule has 0 spiro atoms. The first-order valence-electron chi connectivity index (χ1n) is 7.02. The van der Waals surface area contributed by atoms with Crippen LogP contribution in [0.25, 0.3) is 0 Å². The summed E-state index contributed by atoms with van der Waals surface area (Å²) in [6.45, 7) is 2.24. The van der Waals surface area contributed by atoms with E-state index in [0.717, 1.165) is 23.6 Å². The molecule has 2 fully saturated rings. The van der Waals surface area contributed by atoms with Crippen molar-refractivity contribution in [1.29, 1.82) is 0 Å². The largest absolute Gasteiger partial charge is 0.388 e. The van der Waals surface area contributed by atoms with Crippen molar-refractivity contribution in [2.24, 2.45) is 23.5 Å². The Morgan fingerprint density at radius 3 is 2.79 bits per heavy atom. The van der Waals surface area contributed by atoms with Gasteiger partial charge in [-0.1, -0.05) is 18.6 Å². The molecule has 0 saturated heterocycles. The number of thiocarbonyl (C=S) groups is 1. The van der Waals surface area contributed by atoms with Crippen LogP contribution in [0.3, 0.4) is 0 Å². The van der Waals surface area contributed by atoms with Gasteiger partial charge in [-0.15, -0.1) is 0 Å². The molecule has 0 radical (unpaired) electrons. The van der Waals surface area contributed by atoms with E-state index in [2.05, 4.69) is 22.2 Å². The average Bonchev–Trinajstić information content (AvgIpc) is 3.01. The van der Waals surface area contributed by atoms with Crippen LogP contribution in [-0.2, 0) is 0 Å². The minimum atomic E-state index is 0.302. The SMILES string of the molecule is CC(Nc1nccnc1C(N)=S)C1CC2CCC1C2. The van der Waals surface area contributed by atoms with Gasteiger partial charge in [0.15, 0.2) is 5.82 Å². The zero-order valence-electron chi connectivity index (χ0n) is 11.2. The minimum absolute atomic E-state index is 0.302. The number of anilines is 1. The maximum Gasteiger partial charge on any atom is 0.155 e. The van der Waals surface area contributed by atoms with Crippen molar-refractivity contribution in [3.05, 3.63) is 18.1 Å². The Bertz CT molecular complexity index is 490. The predicted molar refractivity (Wildman–Crippen MR) is 79.9 cm³/mol. The summed E-state index contributed by atoms with van der Waals surface area (Å²) in [5.74, 6) is 3.32. The molecule has 1 aromatic heterocycles. The number of nitrogens with one attached hydrogen (secondary N) is 1. The number of aromatic nitrogens is 2. The molecule has 19 heavy (non-hydrogen) atoms. The van der Waals surface area contributed by atoms with Gasteiger partial charge in [-0.2, -0.15) is 0 Å². The molecule has 3 N–H and O–H groups in total. The number of rotatable bonds is 4. The highest BCUT2D eigenvalue weighted by Crippen LogP contribution is 2.49. The third-order valence-electron chi connectivity index (χ3n) is 4.73. The molecule has 3 rings (SSSR count). The number of fused-ring (bicyclic) bond motifs is 2. The monoisotopic (exact) mass is 276 g/mol. The van der Waals surface area contributed by atoms with Crippen LogP contribution >= 0.6 is 12.2 Å². The van der Waals surface area contributed by atoms with Crippen LogP contribution in [0.4, 0.5) is 5.82 Å². The van der Waals surface area contributed by atoms with Gasteiger partial charge in [-0.3, -0.25) is 0 Å². The molecule has 4 nitrogen and oxygen atoms in total. The summed E-state index contributed by atoms with van der Waals surface area (Å²) < 4.78 is 0. The van der Waals surface area contributed by atoms with Gasteiger partial charge in [-0.05, 0) is 43.9 Å². The highest BCUT2D eigenvalue weighted by Gasteiger charge is 2.41. The maximum atomic E-state index is 5.69. The van der Waals surface area contributed by atoms with E-state index >= 15 is 0 Å². The van der Waals surface area contributed by atoms with Crippen LogP contribution < -0.4 is 11.1 Å². The van der Waals surface area contributed by atoms with Crippen molar-refractivity contribution in [3.8, 4) is 0 Å². The Labute approximate surface area is 119 Å². The van der Waals surface area contributed by atoms with Gasteiger partial charge in [-0.25, -0.2) is 9.97 Å². The van der Waals surface area contributed by atoms with Crippen molar-refractivity contribution in [2.45, 2.75) is 38.6 Å². The summed E-state index contributed by atoms with van der Waals surface area (Å²) in [6, 6.07) is 0.403. The predicted octanol–water partition coefficient (Wildman–Crippen LogP) is 2.35. The van der Waals surface area contributed by atoms with Crippen LogP contribution in [-0.4, -0.2) is 21.0 Å². The molecule has 2 aliphatic carbocycles. The molecular weight excluding hydrogens is 256 g/mol. The van der Waals surface area contributed by atoms with Gasteiger partial charge >= 0.3 is 0 Å². The van der Waals surface area contributed by atoms with E-state index in [9.17, 15) is 0 Å². The topological polar surface area (TPSA) is 63.8 Å². The molecule has 5 heteroatoms. The molecule has 1 heterocycles. The lowest BCUT2D eigenvalue weighted by Crippen LogP contribution is -2.31. The fraction of sp³-hybridized carbons (Fsp3) is 0.643. The fourth-order valence-electron chi connectivity index (χ4n) is 3.85. The summed E-state index contributed by atoms with van der Waals surface area (Å²) in [5.41, 5.74) is 6.30. The van der Waals surface area contributed by atoms with E-state index in [1.165, 1.54) is 25.7 Å². The van der Waals surface area contributed by atoms with Gasteiger partial charge in [0.05, 0.1) is 0 Å². The number of hydrogen-bond acceptors (Lipinski definition) is 4. The van der Waals surface area contributed by atoms with Crippen LogP contribution in [0.5, 0.6) is 0 Å². The maximum absolute atomic E-state index is 5.69. The second-order valence-electron chi connectivity index (χ2n) is 5.89. The molecule has 102 valence electrons. The Balaban J connectivity index is 1.73. The second kappa shape index (κ2) is 5.04. The number of hydrogen-bond donors (Lipinski definition) is 2. The standard InChI is InChI=1S/C14H20N4S/c1-8(11-7-9-2-3-10(11)6-9)18-14-12(13(15)19)16-4-5-17-14/h4-5,8-11H,2-3,6-7H2,1H3,(H2,15,19)(H,17,18). The summed E-state index contributed by atoms with van der Waals surface area (Å²) >= 11 is 5.03. The summed E-state index contributed by atoms with van der Waals surface area (Å²) in [4.78, 5) is 8.85. The molecule has 0 amide bonds. The van der Waals surface area contributed by atoms with E-state index in [1.54, 1.807) is 12.4 Å². The van der Waals surface area contributed by atoms with Crippen LogP contribution in [0.2, 0.25) is 0 Å². The lowest BCUT2D eigenvalue weighted by atomic mass is 9.84. The van der Waals surface area contributed by atoms with Crippen molar-refractivity contribution in [2.75, 3.05) is 5.32 Å². The van der Waals surface area contributed by atoms with E-state index in [-0.39, 0.29) is 0 Å². The highest BCUT2D eigenvalue weighted by molar-refractivity contribution is 7.80. The van der Waals surface area contributed by atoms with Gasteiger partial charge in [0, 0.05) is 18.4 Å². The molecule has 0 aromatic carbocycles. The molecule has 2 saturated carbocycles. The third kappa shape index (κ3) is 2.43. The second-order valence-corrected chi connectivity index (χ2v) is 6.33. The first-order chi connectivity index (χ1) is 9.15. The Morgan fingerprint density at radius 1 is 1.37 bits per heavy atom. The molecule has 2 bridgehead atoms. The number of nitrogens with two attached hydrogens (primary N) is 1. The molecule has 1 aromatic rings. The zero-order chi connectivity index (χ0) is 13.4. The summed E-state index contributed by atoms with van der Waals surface area (Å²) in [6.07, 6.45) is 8.89. The van der Waals surface area contributed by atoms with Gasteiger partial charge in [0.2, 0.25) is 0 Å². The quantitative estimate of drug-likeness (QED) is 0.827. The first kappa shape index (κ1) is 12.8. The van der Waals surface area contributed by atoms with Crippen LogP contribution in [0.15, 0.2) is 12.4 Å². The molecule has 4 unspecified atom stereocenters. The molecular formula is C14H20N4S. The minimum Gasteiger partial charge on any atom is -0.388 e. The lowest BCUT2D eigenvalue weighted by Gasteiger charge is -2.29. The Kier molecular flexibility index (Phi) is 3.39. The van der Waals surface area contributed by atoms with Crippen molar-refractivity contribution >= 4 is 23.0 Å². The fourth-order valence-corrected chi connectivity index (χ4v) is 4.00. The van der Waals surface area contributed by atoms with Crippen molar-refractivity contribution < 1.29 is 0 Å². The number of nitrogens with zero attached hydrogens (tertiary/aromatic N) is 2. The zero-order valence-corrected chi connectivity index (χ0v) is 12.0. The summed E-state index contributed by atoms with van der Waals surface area (Å²) in [7, 11) is 0. The first-order valence-corrected chi connectivity index (χ1v) is 7.43. The van der Waals surface area contributed by atoms with E-state index < -0.39 is 0 Å². The van der Waals surface area contributed by atoms with Gasteiger partial charge in [0.1, 0.15) is 10.7 Å². The Morgan fingerprint density at radius 2 is 2.16 bits per heavy atom. The van der Waals surface area contributed by atoms with E-state index in [0.29, 0.717) is 16.7 Å². The highest BCUT2D eigenvalue weighted by atomic mass is 32.1. The molecule has 4 atom stereocenters. The average molecular weight is 276 g/mol. The molecule has 2 aliphatic rings. The summed E-state index contributed by atoms with van der Waals surface area (Å²) in [5, 5.41) is 3.48. The molecule has 0 aliphatic heterocycles. The van der Waals surface area contributed by atoms with Crippen molar-refractivity contribution in [3.63, 3.8) is 0 Å². The van der Waals surface area contributed by atoms with E-state index in [1.807, 2.05) is 0 Å². The van der Waals surface area contributed by atoms with Gasteiger partial charge in [0.25, 0.3) is 0 Å². The van der Waals surface area contributed by atoms with Crippen LogP contribution in [0, 0.1) is 17.8 Å². The Hall–Kier alpha value is -1.23. The van der Waals surface area contributed by atoms with Crippen LogP contribution in [0.1, 0.15) is 38.3 Å². The van der Waals surface area contributed by atoms with E-state index in [4.69, 9.17) is 18.0 Å². The third-order valence-corrected chi connectivity index (χ3v) is 4.92.